The molecule has 274 valence electrons. The Labute approximate surface area is 337 Å². The van der Waals surface area contributed by atoms with E-state index < -0.39 is 16.6 Å². The first-order chi connectivity index (χ1) is 26.7. The van der Waals surface area contributed by atoms with Crippen LogP contribution >= 0.6 is 15.9 Å². The fourth-order valence-electron chi connectivity index (χ4n) is 11.2. The van der Waals surface area contributed by atoms with Gasteiger partial charge in [0.1, 0.15) is 11.2 Å². The van der Waals surface area contributed by atoms with Gasteiger partial charge in [-0.1, -0.05) is 155 Å². The average molecular weight is 792 g/mol. The quantitative estimate of drug-likeness (QED) is 0.187. The molecule has 0 fully saturated rings. The zero-order valence-electron chi connectivity index (χ0n) is 32.6. The summed E-state index contributed by atoms with van der Waals surface area (Å²) < 4.78 is 1.02. The van der Waals surface area contributed by atoms with Crippen LogP contribution in [0.1, 0.15) is 86.1 Å². The van der Waals surface area contributed by atoms with Crippen molar-refractivity contribution in [3.63, 3.8) is 0 Å². The Morgan fingerprint density at radius 2 is 1.14 bits per heavy atom. The van der Waals surface area contributed by atoms with E-state index in [0.717, 1.165) is 54.6 Å². The van der Waals surface area contributed by atoms with Crippen LogP contribution in [0.5, 0.6) is 0 Å². The SMILES string of the molecule is CC1(C)C2=CC3=C4C(=CC=CC4(O)c4ccc5c(c4)-c4ccccc4C5(C)C)C=C3C(O)(c3ccc4c(c3)C(C)(C)c3ccccc3-4)C2=Cc2ccc(Br)cc21. The van der Waals surface area contributed by atoms with Gasteiger partial charge in [-0.2, -0.15) is 0 Å². The minimum absolute atomic E-state index is 0.138. The van der Waals surface area contributed by atoms with E-state index in [1.54, 1.807) is 0 Å². The zero-order valence-corrected chi connectivity index (χ0v) is 34.1. The molecule has 0 aliphatic heterocycles. The van der Waals surface area contributed by atoms with Crippen LogP contribution in [-0.4, -0.2) is 10.2 Å². The molecule has 2 N–H and O–H groups in total. The highest BCUT2D eigenvalue weighted by Crippen LogP contribution is 2.62. The Hall–Kier alpha value is -5.06. The van der Waals surface area contributed by atoms with Crippen molar-refractivity contribution in [1.82, 2.24) is 0 Å². The Bertz CT molecular complexity index is 2870. The topological polar surface area (TPSA) is 40.5 Å². The molecule has 0 amide bonds. The molecule has 11 rings (SSSR count). The van der Waals surface area contributed by atoms with E-state index >= 15 is 0 Å². The summed E-state index contributed by atoms with van der Waals surface area (Å²) in [4.78, 5) is 0. The smallest absolute Gasteiger partial charge is 0.141 e. The van der Waals surface area contributed by atoms with Crippen LogP contribution in [0, 0.1) is 0 Å². The molecule has 2 unspecified atom stereocenters. The highest BCUT2D eigenvalue weighted by atomic mass is 79.9. The lowest BCUT2D eigenvalue weighted by Crippen LogP contribution is -2.41. The molecular weight excluding hydrogens is 748 g/mol. The molecule has 0 bridgehead atoms. The predicted molar refractivity (Wildman–Crippen MR) is 231 cm³/mol. The molecule has 2 atom stereocenters. The number of allylic oxidation sites excluding steroid dienone is 4. The molecular formula is C53H43BrO2. The first-order valence-electron chi connectivity index (χ1n) is 19.7. The Morgan fingerprint density at radius 1 is 0.500 bits per heavy atom. The average Bonchev–Trinajstić information content (AvgIpc) is 3.77. The van der Waals surface area contributed by atoms with Gasteiger partial charge in [0, 0.05) is 31.9 Å². The van der Waals surface area contributed by atoms with Gasteiger partial charge < -0.3 is 10.2 Å². The third-order valence-electron chi connectivity index (χ3n) is 14.2. The van der Waals surface area contributed by atoms with Crippen LogP contribution in [0.25, 0.3) is 28.3 Å². The molecule has 0 saturated heterocycles. The monoisotopic (exact) mass is 790 g/mol. The Morgan fingerprint density at radius 3 is 1.89 bits per heavy atom. The third kappa shape index (κ3) is 4.13. The van der Waals surface area contributed by atoms with Crippen LogP contribution in [0.4, 0.5) is 0 Å². The van der Waals surface area contributed by atoms with E-state index in [1.807, 2.05) is 12.2 Å². The van der Waals surface area contributed by atoms with Crippen molar-refractivity contribution >= 4 is 22.0 Å². The lowest BCUT2D eigenvalue weighted by molar-refractivity contribution is 0.116. The molecule has 0 aromatic heterocycles. The molecule has 3 heteroatoms. The summed E-state index contributed by atoms with van der Waals surface area (Å²) in [6.45, 7) is 13.7. The van der Waals surface area contributed by atoms with Gasteiger partial charge in [-0.3, -0.25) is 0 Å². The highest BCUT2D eigenvalue weighted by molar-refractivity contribution is 9.10. The number of halogens is 1. The van der Waals surface area contributed by atoms with Crippen LogP contribution in [0.2, 0.25) is 0 Å². The summed E-state index contributed by atoms with van der Waals surface area (Å²) >= 11 is 3.75. The molecule has 6 aliphatic rings. The summed E-state index contributed by atoms with van der Waals surface area (Å²) in [6, 6.07) is 36.9. The largest absolute Gasteiger partial charge is 0.377 e. The second-order valence-corrected chi connectivity index (χ2v) is 19.1. The standard InChI is InChI=1S/C53H43BrO2/c1-49(2)41-16-10-8-14-36(41)38-26-32(19-22-42(38)49)52(55)23-11-12-31-25-45-39(48(31)52)29-46-47(24-30-17-20-34(54)28-43(30)51(46,5)6)53(45,56)33-18-21-37-35-13-7-9-15-40(35)50(3,4)44(37)27-33/h7-29,55-56H,1-6H3. The van der Waals surface area contributed by atoms with Crippen molar-refractivity contribution in [3.05, 3.63) is 216 Å². The lowest BCUT2D eigenvalue weighted by Gasteiger charge is -2.47. The Kier molecular flexibility index (Phi) is 6.64. The normalized spacial score (nSPS) is 24.7. The van der Waals surface area contributed by atoms with E-state index in [0.29, 0.717) is 0 Å². The van der Waals surface area contributed by atoms with E-state index in [9.17, 15) is 10.2 Å². The summed E-state index contributed by atoms with van der Waals surface area (Å²) in [5.41, 5.74) is 15.5. The third-order valence-corrected chi connectivity index (χ3v) is 14.7. The molecule has 5 aromatic rings. The van der Waals surface area contributed by atoms with Crippen molar-refractivity contribution in [2.45, 2.75) is 69.0 Å². The number of rotatable bonds is 2. The van der Waals surface area contributed by atoms with E-state index in [4.69, 9.17) is 0 Å². The van der Waals surface area contributed by atoms with E-state index in [2.05, 4.69) is 185 Å². The van der Waals surface area contributed by atoms with E-state index in [1.165, 1.54) is 50.1 Å². The van der Waals surface area contributed by atoms with Crippen LogP contribution in [0.15, 0.2) is 171 Å². The number of hydrogen-bond acceptors (Lipinski definition) is 2. The molecule has 56 heavy (non-hydrogen) atoms. The predicted octanol–water partition coefficient (Wildman–Crippen LogP) is 12.2. The molecule has 6 aliphatic carbocycles. The number of hydrogen-bond donors (Lipinski definition) is 2. The maximum Gasteiger partial charge on any atom is 0.141 e. The highest BCUT2D eigenvalue weighted by Gasteiger charge is 2.54. The molecule has 5 aromatic carbocycles. The maximum absolute atomic E-state index is 14.0. The summed E-state index contributed by atoms with van der Waals surface area (Å²) in [5.74, 6) is 0. The fourth-order valence-corrected chi connectivity index (χ4v) is 11.5. The Balaban J connectivity index is 1.17. The molecule has 2 nitrogen and oxygen atoms in total. The maximum atomic E-state index is 14.0. The second-order valence-electron chi connectivity index (χ2n) is 18.1. The van der Waals surface area contributed by atoms with Crippen molar-refractivity contribution in [2.24, 2.45) is 0 Å². The van der Waals surface area contributed by atoms with Gasteiger partial charge >= 0.3 is 0 Å². The van der Waals surface area contributed by atoms with Gasteiger partial charge in [0.15, 0.2) is 0 Å². The first-order valence-corrected chi connectivity index (χ1v) is 20.5. The summed E-state index contributed by atoms with van der Waals surface area (Å²) in [5, 5.41) is 27.2. The molecule has 0 radical (unpaired) electrons. The van der Waals surface area contributed by atoms with Crippen molar-refractivity contribution in [3.8, 4) is 22.3 Å². The number of fused-ring (bicyclic) bond motifs is 10. The lowest BCUT2D eigenvalue weighted by atomic mass is 9.59. The van der Waals surface area contributed by atoms with Crippen LogP contribution in [0.3, 0.4) is 0 Å². The first kappa shape index (κ1) is 34.2. The number of aliphatic hydroxyl groups is 2. The van der Waals surface area contributed by atoms with Gasteiger partial charge in [-0.15, -0.1) is 0 Å². The van der Waals surface area contributed by atoms with Gasteiger partial charge in [0.25, 0.3) is 0 Å². The minimum Gasteiger partial charge on any atom is -0.377 e. The van der Waals surface area contributed by atoms with E-state index in [-0.39, 0.29) is 10.8 Å². The minimum atomic E-state index is -1.51. The van der Waals surface area contributed by atoms with Crippen LogP contribution < -0.4 is 0 Å². The molecule has 0 heterocycles. The van der Waals surface area contributed by atoms with Gasteiger partial charge in [-0.05, 0) is 132 Å². The molecule has 0 spiro atoms. The second kappa shape index (κ2) is 10.9. The van der Waals surface area contributed by atoms with Gasteiger partial charge in [0.05, 0.1) is 0 Å². The van der Waals surface area contributed by atoms with Crippen LogP contribution in [-0.2, 0) is 27.4 Å². The summed E-state index contributed by atoms with van der Waals surface area (Å²) in [7, 11) is 0. The van der Waals surface area contributed by atoms with Crippen molar-refractivity contribution < 1.29 is 10.2 Å². The van der Waals surface area contributed by atoms with Crippen molar-refractivity contribution in [2.75, 3.05) is 0 Å². The van der Waals surface area contributed by atoms with Gasteiger partial charge in [-0.25, -0.2) is 0 Å². The van der Waals surface area contributed by atoms with Crippen molar-refractivity contribution in [1.29, 1.82) is 0 Å². The summed E-state index contributed by atoms with van der Waals surface area (Å²) in [6.07, 6.45) is 12.6. The zero-order chi connectivity index (χ0) is 38.7. The fraction of sp³-hybridized carbons (Fsp3) is 0.208. The molecule has 0 saturated carbocycles. The number of benzene rings is 5. The van der Waals surface area contributed by atoms with Gasteiger partial charge in [0.2, 0.25) is 0 Å².